The van der Waals surface area contributed by atoms with Crippen molar-refractivity contribution in [3.05, 3.63) is 90.5 Å². The van der Waals surface area contributed by atoms with Crippen LogP contribution >= 0.6 is 11.8 Å². The number of carbonyl (C=O) groups is 2. The van der Waals surface area contributed by atoms with E-state index in [-0.39, 0.29) is 10.8 Å². The molecule has 3 aromatic rings. The van der Waals surface area contributed by atoms with Gasteiger partial charge in [-0.1, -0.05) is 48.5 Å². The predicted molar refractivity (Wildman–Crippen MR) is 118 cm³/mol. The lowest BCUT2D eigenvalue weighted by Gasteiger charge is -2.17. The molecule has 1 atom stereocenters. The number of hydrogen-bond acceptors (Lipinski definition) is 5. The Bertz CT molecular complexity index is 1120. The third-order valence-electron chi connectivity index (χ3n) is 4.05. The van der Waals surface area contributed by atoms with Crippen LogP contribution in [-0.4, -0.2) is 20.2 Å². The Morgan fingerprint density at radius 1 is 0.833 bits per heavy atom. The molecule has 0 spiro atoms. The van der Waals surface area contributed by atoms with Crippen molar-refractivity contribution in [2.45, 2.75) is 22.0 Å². The SMILES string of the molecule is CC(=O)NS(=O)(=O)c1ccc(NC(=O)[C@H](Sc2ccccc2)c2ccccc2)cc1. The molecular formula is C22H20N2O4S2. The van der Waals surface area contributed by atoms with E-state index >= 15 is 0 Å². The van der Waals surface area contributed by atoms with E-state index in [0.29, 0.717) is 5.69 Å². The molecule has 2 N–H and O–H groups in total. The van der Waals surface area contributed by atoms with Crippen LogP contribution in [0.4, 0.5) is 5.69 Å². The van der Waals surface area contributed by atoms with Gasteiger partial charge >= 0.3 is 0 Å². The van der Waals surface area contributed by atoms with Crippen molar-refractivity contribution in [3.8, 4) is 0 Å². The first kappa shape index (κ1) is 21.6. The van der Waals surface area contributed by atoms with E-state index in [0.717, 1.165) is 17.4 Å². The molecule has 0 saturated heterocycles. The van der Waals surface area contributed by atoms with Gasteiger partial charge < -0.3 is 5.32 Å². The van der Waals surface area contributed by atoms with Gasteiger partial charge in [0.1, 0.15) is 5.25 Å². The van der Waals surface area contributed by atoms with Crippen molar-refractivity contribution < 1.29 is 18.0 Å². The lowest BCUT2D eigenvalue weighted by atomic mass is 10.1. The monoisotopic (exact) mass is 440 g/mol. The van der Waals surface area contributed by atoms with E-state index in [9.17, 15) is 18.0 Å². The van der Waals surface area contributed by atoms with Crippen molar-refractivity contribution >= 4 is 39.3 Å². The maximum absolute atomic E-state index is 13.0. The maximum atomic E-state index is 13.0. The molecule has 3 rings (SSSR count). The van der Waals surface area contributed by atoms with Crippen LogP contribution in [0, 0.1) is 0 Å². The van der Waals surface area contributed by atoms with E-state index in [1.165, 1.54) is 36.0 Å². The second-order valence-electron chi connectivity index (χ2n) is 6.40. The number of sulfonamides is 1. The third kappa shape index (κ3) is 5.71. The van der Waals surface area contributed by atoms with Gasteiger partial charge in [-0.15, -0.1) is 11.8 Å². The van der Waals surface area contributed by atoms with Crippen molar-refractivity contribution in [3.63, 3.8) is 0 Å². The highest BCUT2D eigenvalue weighted by atomic mass is 32.2. The normalized spacial score (nSPS) is 12.0. The van der Waals surface area contributed by atoms with Gasteiger partial charge in [0, 0.05) is 17.5 Å². The standard InChI is InChI=1S/C22H20N2O4S2/c1-16(25)24-30(27,28)20-14-12-18(13-15-20)23-22(26)21(17-8-4-2-5-9-17)29-19-10-6-3-7-11-19/h2-15,21H,1H3,(H,23,26)(H,24,25)/t21-/m1/s1. The number of anilines is 1. The Hall–Kier alpha value is -3.10. The van der Waals surface area contributed by atoms with Crippen LogP contribution in [0.2, 0.25) is 0 Å². The lowest BCUT2D eigenvalue weighted by Crippen LogP contribution is -2.28. The number of rotatable bonds is 7. The summed E-state index contributed by atoms with van der Waals surface area (Å²) in [6, 6.07) is 24.7. The summed E-state index contributed by atoms with van der Waals surface area (Å²) in [6.07, 6.45) is 0. The number of nitrogens with one attached hydrogen (secondary N) is 2. The van der Waals surface area contributed by atoms with Crippen LogP contribution in [0.25, 0.3) is 0 Å². The number of hydrogen-bond donors (Lipinski definition) is 2. The molecule has 30 heavy (non-hydrogen) atoms. The minimum atomic E-state index is -3.92. The average molecular weight is 441 g/mol. The quantitative estimate of drug-likeness (QED) is 0.542. The highest BCUT2D eigenvalue weighted by molar-refractivity contribution is 8.00. The summed E-state index contributed by atoms with van der Waals surface area (Å²) in [5.41, 5.74) is 1.31. The summed E-state index contributed by atoms with van der Waals surface area (Å²) in [6.45, 7) is 1.13. The molecule has 2 amide bonds. The van der Waals surface area contributed by atoms with Gasteiger partial charge in [0.15, 0.2) is 0 Å². The van der Waals surface area contributed by atoms with Crippen molar-refractivity contribution in [1.82, 2.24) is 4.72 Å². The van der Waals surface area contributed by atoms with Gasteiger partial charge in [0.25, 0.3) is 10.0 Å². The zero-order valence-corrected chi connectivity index (χ0v) is 17.7. The molecule has 3 aromatic carbocycles. The Balaban J connectivity index is 1.79. The molecule has 6 nitrogen and oxygen atoms in total. The largest absolute Gasteiger partial charge is 0.325 e. The Morgan fingerprint density at radius 3 is 1.97 bits per heavy atom. The van der Waals surface area contributed by atoms with E-state index < -0.39 is 21.2 Å². The summed E-state index contributed by atoms with van der Waals surface area (Å²) in [7, 11) is -3.92. The van der Waals surface area contributed by atoms with Gasteiger partial charge in [-0.25, -0.2) is 13.1 Å². The Labute approximate surface area is 179 Å². The van der Waals surface area contributed by atoms with Crippen LogP contribution in [0.15, 0.2) is 94.7 Å². The highest BCUT2D eigenvalue weighted by Gasteiger charge is 2.22. The minimum absolute atomic E-state index is 0.0611. The number of amides is 2. The van der Waals surface area contributed by atoms with Gasteiger partial charge in [0.05, 0.1) is 4.90 Å². The smallest absolute Gasteiger partial charge is 0.264 e. The summed E-state index contributed by atoms with van der Waals surface area (Å²) in [5, 5.41) is 2.35. The fourth-order valence-corrected chi connectivity index (χ4v) is 4.75. The third-order valence-corrected chi connectivity index (χ3v) is 6.76. The molecular weight excluding hydrogens is 420 g/mol. The first-order chi connectivity index (χ1) is 14.3. The van der Waals surface area contributed by atoms with Crippen LogP contribution in [0.5, 0.6) is 0 Å². The summed E-state index contributed by atoms with van der Waals surface area (Å²) < 4.78 is 26.0. The molecule has 154 valence electrons. The van der Waals surface area contributed by atoms with Gasteiger partial charge in [-0.05, 0) is 42.0 Å². The van der Waals surface area contributed by atoms with E-state index in [2.05, 4.69) is 5.32 Å². The zero-order valence-electron chi connectivity index (χ0n) is 16.1. The molecule has 0 unspecified atom stereocenters. The van der Waals surface area contributed by atoms with E-state index in [1.54, 1.807) is 0 Å². The molecule has 0 fully saturated rings. The first-order valence-electron chi connectivity index (χ1n) is 9.06. The van der Waals surface area contributed by atoms with Gasteiger partial charge in [0.2, 0.25) is 11.8 Å². The molecule has 0 heterocycles. The molecule has 0 saturated carbocycles. The predicted octanol–water partition coefficient (Wildman–Crippen LogP) is 3.98. The molecule has 0 aliphatic heterocycles. The number of thioether (sulfide) groups is 1. The van der Waals surface area contributed by atoms with E-state index in [4.69, 9.17) is 0 Å². The first-order valence-corrected chi connectivity index (χ1v) is 11.4. The maximum Gasteiger partial charge on any atom is 0.264 e. The topological polar surface area (TPSA) is 92.3 Å². The molecule has 0 bridgehead atoms. The summed E-state index contributed by atoms with van der Waals surface area (Å²) >= 11 is 1.43. The van der Waals surface area contributed by atoms with Gasteiger partial charge in [-0.3, -0.25) is 9.59 Å². The lowest BCUT2D eigenvalue weighted by molar-refractivity contribution is -0.117. The van der Waals surface area contributed by atoms with Crippen LogP contribution in [0.3, 0.4) is 0 Å². The zero-order chi connectivity index (χ0) is 21.6. The molecule has 0 radical (unpaired) electrons. The van der Waals surface area contributed by atoms with Crippen molar-refractivity contribution in [1.29, 1.82) is 0 Å². The van der Waals surface area contributed by atoms with Crippen molar-refractivity contribution in [2.24, 2.45) is 0 Å². The fraction of sp³-hybridized carbons (Fsp3) is 0.0909. The minimum Gasteiger partial charge on any atom is -0.325 e. The molecule has 0 aromatic heterocycles. The highest BCUT2D eigenvalue weighted by Crippen LogP contribution is 2.36. The second kappa shape index (κ2) is 9.60. The molecule has 0 aliphatic carbocycles. The Morgan fingerprint density at radius 2 is 1.40 bits per heavy atom. The fourth-order valence-electron chi connectivity index (χ4n) is 2.71. The van der Waals surface area contributed by atoms with Crippen LogP contribution < -0.4 is 10.0 Å². The second-order valence-corrected chi connectivity index (χ2v) is 9.26. The van der Waals surface area contributed by atoms with E-state index in [1.807, 2.05) is 65.4 Å². The average Bonchev–Trinajstić information content (AvgIpc) is 2.73. The number of carbonyl (C=O) groups excluding carboxylic acids is 2. The molecule has 0 aliphatic rings. The Kier molecular flexibility index (Phi) is 6.91. The van der Waals surface area contributed by atoms with Gasteiger partial charge in [-0.2, -0.15) is 0 Å². The summed E-state index contributed by atoms with van der Waals surface area (Å²) in [4.78, 5) is 25.0. The number of benzene rings is 3. The van der Waals surface area contributed by atoms with Crippen molar-refractivity contribution in [2.75, 3.05) is 5.32 Å². The van der Waals surface area contributed by atoms with Crippen LogP contribution in [-0.2, 0) is 19.6 Å². The summed E-state index contributed by atoms with van der Waals surface area (Å²) in [5.74, 6) is -0.899. The molecule has 8 heteroatoms. The van der Waals surface area contributed by atoms with Crippen LogP contribution in [0.1, 0.15) is 17.7 Å².